The van der Waals surface area contributed by atoms with Gasteiger partial charge >= 0.3 is 5.97 Å². The maximum absolute atomic E-state index is 12.5. The predicted octanol–water partition coefficient (Wildman–Crippen LogP) is 2.38. The van der Waals surface area contributed by atoms with Crippen molar-refractivity contribution in [2.24, 2.45) is 5.92 Å². The largest absolute Gasteiger partial charge is 0.489 e. The second-order valence-corrected chi connectivity index (χ2v) is 5.85. The van der Waals surface area contributed by atoms with Gasteiger partial charge in [-0.1, -0.05) is 18.5 Å². The Morgan fingerprint density at radius 1 is 1.35 bits per heavy atom. The van der Waals surface area contributed by atoms with Crippen LogP contribution in [0.25, 0.3) is 0 Å². The van der Waals surface area contributed by atoms with Crippen LogP contribution in [0.5, 0.6) is 11.5 Å². The quantitative estimate of drug-likeness (QED) is 0.787. The molecule has 0 saturated heterocycles. The molecule has 7 heteroatoms. The molecule has 0 bridgehead atoms. The maximum atomic E-state index is 12.5. The first-order valence-electron chi connectivity index (χ1n) is 7.36. The Morgan fingerprint density at radius 3 is 2.74 bits per heavy atom. The fraction of sp³-hybridized carbons (Fsp3) is 0.500. The van der Waals surface area contributed by atoms with Crippen LogP contribution in [-0.4, -0.2) is 50.7 Å². The second-order valence-electron chi connectivity index (χ2n) is 5.45. The lowest BCUT2D eigenvalue weighted by atomic mass is 10.1. The van der Waals surface area contributed by atoms with Gasteiger partial charge in [-0.25, -0.2) is 0 Å². The van der Waals surface area contributed by atoms with Crippen LogP contribution in [0.15, 0.2) is 12.1 Å². The number of hydrogen-bond donors (Lipinski definition) is 0. The van der Waals surface area contributed by atoms with E-state index in [1.165, 1.54) is 12.0 Å². The van der Waals surface area contributed by atoms with Crippen molar-refractivity contribution < 1.29 is 23.8 Å². The van der Waals surface area contributed by atoms with E-state index in [9.17, 15) is 9.59 Å². The molecule has 23 heavy (non-hydrogen) atoms. The summed E-state index contributed by atoms with van der Waals surface area (Å²) in [5.41, 5.74) is 0.388. The summed E-state index contributed by atoms with van der Waals surface area (Å²) in [4.78, 5) is 25.5. The summed E-state index contributed by atoms with van der Waals surface area (Å²) in [6.07, 6.45) is 0.755. The van der Waals surface area contributed by atoms with Crippen molar-refractivity contribution in [3.05, 3.63) is 22.7 Å². The first-order valence-corrected chi connectivity index (χ1v) is 7.74. The molecule has 0 aliphatic carbocycles. The third-order valence-corrected chi connectivity index (χ3v) is 3.83. The summed E-state index contributed by atoms with van der Waals surface area (Å²) in [7, 11) is 2.95. The number of amides is 1. The van der Waals surface area contributed by atoms with E-state index in [4.69, 9.17) is 21.1 Å². The van der Waals surface area contributed by atoms with E-state index >= 15 is 0 Å². The summed E-state index contributed by atoms with van der Waals surface area (Å²) in [6.45, 7) is 2.99. The van der Waals surface area contributed by atoms with Gasteiger partial charge in [0.2, 0.25) is 0 Å². The Bertz CT molecular complexity index is 604. The number of halogens is 1. The van der Waals surface area contributed by atoms with E-state index in [1.54, 1.807) is 26.1 Å². The minimum absolute atomic E-state index is 0.248. The van der Waals surface area contributed by atoms with Gasteiger partial charge < -0.3 is 19.1 Å². The van der Waals surface area contributed by atoms with Gasteiger partial charge in [-0.3, -0.25) is 9.59 Å². The number of methoxy groups -OCH3 is 1. The minimum Gasteiger partial charge on any atom is -0.489 e. The van der Waals surface area contributed by atoms with E-state index in [0.717, 1.165) is 6.42 Å². The lowest BCUT2D eigenvalue weighted by Crippen LogP contribution is -2.34. The Morgan fingerprint density at radius 2 is 2.04 bits per heavy atom. The lowest BCUT2D eigenvalue weighted by Gasteiger charge is -2.21. The molecule has 1 aromatic rings. The Labute approximate surface area is 140 Å². The van der Waals surface area contributed by atoms with Crippen molar-refractivity contribution in [3.63, 3.8) is 0 Å². The van der Waals surface area contributed by atoms with E-state index in [0.29, 0.717) is 35.3 Å². The first-order chi connectivity index (χ1) is 10.9. The van der Waals surface area contributed by atoms with Crippen molar-refractivity contribution in [3.8, 4) is 11.5 Å². The number of hydrogen-bond acceptors (Lipinski definition) is 5. The molecule has 6 nitrogen and oxygen atoms in total. The van der Waals surface area contributed by atoms with Crippen LogP contribution in [0.4, 0.5) is 0 Å². The number of benzene rings is 1. The van der Waals surface area contributed by atoms with Gasteiger partial charge in [0.25, 0.3) is 5.91 Å². The van der Waals surface area contributed by atoms with Crippen LogP contribution in [0.3, 0.4) is 0 Å². The number of carbonyl (C=O) groups is 2. The highest BCUT2D eigenvalue weighted by atomic mass is 35.5. The topological polar surface area (TPSA) is 65.1 Å². The third-order valence-electron chi connectivity index (χ3n) is 3.55. The maximum Gasteiger partial charge on any atom is 0.310 e. The number of nitrogens with zero attached hydrogens (tertiary/aromatic N) is 1. The average molecular weight is 342 g/mol. The number of carbonyl (C=O) groups excluding carboxylic acids is 2. The van der Waals surface area contributed by atoms with Crippen LogP contribution < -0.4 is 9.47 Å². The van der Waals surface area contributed by atoms with Crippen LogP contribution in [0, 0.1) is 5.92 Å². The smallest absolute Gasteiger partial charge is 0.310 e. The molecular weight excluding hydrogens is 322 g/mol. The molecule has 126 valence electrons. The molecule has 1 heterocycles. The SMILES string of the molecule is COC(=O)C(C)CN(C)C(=O)c1cc(Cl)c2c(c1)OCCCO2. The van der Waals surface area contributed by atoms with Gasteiger partial charge in [0.05, 0.1) is 31.3 Å². The van der Waals surface area contributed by atoms with E-state index in [2.05, 4.69) is 4.74 Å². The van der Waals surface area contributed by atoms with Gasteiger partial charge in [-0.2, -0.15) is 0 Å². The van der Waals surface area contributed by atoms with Gasteiger partial charge in [-0.15, -0.1) is 0 Å². The van der Waals surface area contributed by atoms with Crippen LogP contribution >= 0.6 is 11.6 Å². The van der Waals surface area contributed by atoms with E-state index in [-0.39, 0.29) is 18.4 Å². The zero-order chi connectivity index (χ0) is 17.0. The molecule has 1 aliphatic heterocycles. The molecule has 0 N–H and O–H groups in total. The standard InChI is InChI=1S/C16H20ClNO5/c1-10(16(20)21-3)9-18(2)15(19)11-7-12(17)14-13(8-11)22-5-4-6-23-14/h7-8,10H,4-6,9H2,1-3H3. The zero-order valence-electron chi connectivity index (χ0n) is 13.4. The van der Waals surface area contributed by atoms with Crippen molar-refractivity contribution in [1.29, 1.82) is 0 Å². The molecule has 2 rings (SSSR count). The Hall–Kier alpha value is -1.95. The van der Waals surface area contributed by atoms with E-state index in [1.807, 2.05) is 0 Å². The van der Waals surface area contributed by atoms with Crippen LogP contribution in [-0.2, 0) is 9.53 Å². The highest BCUT2D eigenvalue weighted by Gasteiger charge is 2.23. The molecule has 1 amide bonds. The van der Waals surface area contributed by atoms with Crippen LogP contribution in [0.1, 0.15) is 23.7 Å². The Balaban J connectivity index is 2.17. The summed E-state index contributed by atoms with van der Waals surface area (Å²) >= 11 is 6.20. The summed E-state index contributed by atoms with van der Waals surface area (Å²) in [6, 6.07) is 3.17. The van der Waals surface area contributed by atoms with Crippen LogP contribution in [0.2, 0.25) is 5.02 Å². The first kappa shape index (κ1) is 17.4. The molecule has 0 fully saturated rings. The zero-order valence-corrected chi connectivity index (χ0v) is 14.2. The molecule has 0 aromatic heterocycles. The summed E-state index contributed by atoms with van der Waals surface area (Å²) in [5.74, 6) is -0.0939. The minimum atomic E-state index is -0.412. The predicted molar refractivity (Wildman–Crippen MR) is 85.2 cm³/mol. The Kier molecular flexibility index (Phi) is 5.71. The summed E-state index contributed by atoms with van der Waals surface area (Å²) in [5, 5.41) is 0.335. The van der Waals surface area contributed by atoms with Gasteiger partial charge in [0.1, 0.15) is 0 Å². The van der Waals surface area contributed by atoms with Crippen molar-refractivity contribution >= 4 is 23.5 Å². The number of ether oxygens (including phenoxy) is 3. The van der Waals surface area contributed by atoms with Crippen molar-refractivity contribution in [2.75, 3.05) is 33.9 Å². The molecule has 1 atom stereocenters. The fourth-order valence-corrected chi connectivity index (χ4v) is 2.61. The van der Waals surface area contributed by atoms with Gasteiger partial charge in [0.15, 0.2) is 11.5 Å². The molecule has 1 aromatic carbocycles. The highest BCUT2D eigenvalue weighted by molar-refractivity contribution is 6.32. The van der Waals surface area contributed by atoms with Crippen molar-refractivity contribution in [2.45, 2.75) is 13.3 Å². The van der Waals surface area contributed by atoms with Gasteiger partial charge in [-0.05, 0) is 12.1 Å². The summed E-state index contributed by atoms with van der Waals surface area (Å²) < 4.78 is 15.8. The number of rotatable bonds is 4. The average Bonchev–Trinajstić information content (AvgIpc) is 2.78. The molecule has 1 unspecified atom stereocenters. The molecule has 0 radical (unpaired) electrons. The normalized spacial score (nSPS) is 14.6. The van der Waals surface area contributed by atoms with E-state index < -0.39 is 5.92 Å². The molecule has 1 aliphatic rings. The molecule has 0 saturated carbocycles. The van der Waals surface area contributed by atoms with Crippen molar-refractivity contribution in [1.82, 2.24) is 4.90 Å². The monoisotopic (exact) mass is 341 g/mol. The van der Waals surface area contributed by atoms with Gasteiger partial charge in [0, 0.05) is 25.6 Å². The molecular formula is C16H20ClNO5. The third kappa shape index (κ3) is 4.07. The number of esters is 1. The molecule has 0 spiro atoms. The second kappa shape index (κ2) is 7.55. The lowest BCUT2D eigenvalue weighted by molar-refractivity contribution is -0.145. The fourth-order valence-electron chi connectivity index (χ4n) is 2.34. The number of fused-ring (bicyclic) bond motifs is 1. The highest BCUT2D eigenvalue weighted by Crippen LogP contribution is 2.38.